The van der Waals surface area contributed by atoms with E-state index in [0.29, 0.717) is 22.5 Å². The highest BCUT2D eigenvalue weighted by Gasteiger charge is 2.30. The van der Waals surface area contributed by atoms with E-state index < -0.39 is 23.8 Å². The van der Waals surface area contributed by atoms with Gasteiger partial charge in [0.05, 0.1) is 16.8 Å². The van der Waals surface area contributed by atoms with Crippen molar-refractivity contribution in [3.63, 3.8) is 0 Å². The van der Waals surface area contributed by atoms with Gasteiger partial charge in [0.25, 0.3) is 0 Å². The van der Waals surface area contributed by atoms with E-state index in [1.54, 1.807) is 30.3 Å². The number of halogens is 3. The molecule has 3 amide bonds. The molecule has 0 spiro atoms. The van der Waals surface area contributed by atoms with Crippen molar-refractivity contribution in [1.29, 1.82) is 0 Å². The Kier molecular flexibility index (Phi) is 5.31. The molecular weight excluding hydrogens is 421 g/mol. The summed E-state index contributed by atoms with van der Waals surface area (Å²) in [6, 6.07) is 18.8. The number of nitrogens with one attached hydrogen (secondary N) is 2. The maximum absolute atomic E-state index is 12.8. The monoisotopic (exact) mass is 438 g/mol. The zero-order valence-corrected chi connectivity index (χ0v) is 16.5. The molecule has 0 aliphatic rings. The number of nitrogens with zero attached hydrogens (tertiary/aromatic N) is 1. The molecule has 0 fully saturated rings. The fourth-order valence-electron chi connectivity index (χ4n) is 3.40. The smallest absolute Gasteiger partial charge is 0.351 e. The lowest BCUT2D eigenvalue weighted by atomic mass is 10.1. The first kappa shape index (κ1) is 21.0. The van der Waals surface area contributed by atoms with Crippen LogP contribution in [0, 0.1) is 0 Å². The first-order chi connectivity index (χ1) is 15.2. The Balaban J connectivity index is 1.52. The van der Waals surface area contributed by atoms with E-state index in [1.807, 2.05) is 24.3 Å². The van der Waals surface area contributed by atoms with Crippen LogP contribution in [-0.2, 0) is 6.18 Å². The average Bonchev–Trinajstić information content (AvgIpc) is 3.13. The maximum atomic E-state index is 12.8. The number of hydrogen-bond acceptors (Lipinski definition) is 2. The highest BCUT2D eigenvalue weighted by atomic mass is 19.4. The van der Waals surface area contributed by atoms with Crippen LogP contribution < -0.4 is 16.4 Å². The van der Waals surface area contributed by atoms with Crippen LogP contribution >= 0.6 is 0 Å². The minimum Gasteiger partial charge on any atom is -0.351 e. The number of urea groups is 1. The van der Waals surface area contributed by atoms with Gasteiger partial charge in [0.15, 0.2) is 0 Å². The van der Waals surface area contributed by atoms with Crippen molar-refractivity contribution in [2.24, 2.45) is 5.73 Å². The third kappa shape index (κ3) is 4.27. The summed E-state index contributed by atoms with van der Waals surface area (Å²) >= 11 is 0. The highest BCUT2D eigenvalue weighted by molar-refractivity contribution is 6.00. The van der Waals surface area contributed by atoms with Gasteiger partial charge in [-0.1, -0.05) is 36.4 Å². The number of rotatable bonds is 3. The molecule has 4 rings (SSSR count). The minimum absolute atomic E-state index is 0.0138. The number of para-hydroxylation sites is 1. The van der Waals surface area contributed by atoms with Crippen molar-refractivity contribution in [2.45, 2.75) is 6.18 Å². The van der Waals surface area contributed by atoms with Crippen molar-refractivity contribution in [3.8, 4) is 11.3 Å². The number of amides is 3. The summed E-state index contributed by atoms with van der Waals surface area (Å²) in [5.74, 6) is 0. The van der Waals surface area contributed by atoms with Crippen LogP contribution in [0.3, 0.4) is 0 Å². The molecule has 0 saturated carbocycles. The van der Waals surface area contributed by atoms with Gasteiger partial charge in [-0.3, -0.25) is 4.57 Å². The van der Waals surface area contributed by atoms with E-state index in [-0.39, 0.29) is 5.69 Å². The summed E-state index contributed by atoms with van der Waals surface area (Å²) in [5.41, 5.74) is 7.10. The molecule has 0 atom stereocenters. The Morgan fingerprint density at radius 2 is 1.50 bits per heavy atom. The maximum Gasteiger partial charge on any atom is 0.416 e. The van der Waals surface area contributed by atoms with Crippen molar-refractivity contribution in [3.05, 3.63) is 84.4 Å². The molecule has 3 aromatic carbocycles. The second-order valence-corrected chi connectivity index (χ2v) is 7.00. The molecule has 0 radical (unpaired) electrons. The first-order valence-corrected chi connectivity index (χ1v) is 9.48. The molecule has 32 heavy (non-hydrogen) atoms. The van der Waals surface area contributed by atoms with Crippen molar-refractivity contribution < 1.29 is 22.8 Å². The minimum atomic E-state index is -4.50. The molecule has 4 aromatic rings. The number of carbonyl (C=O) groups is 2. The Bertz CT molecular complexity index is 1310. The van der Waals surface area contributed by atoms with Gasteiger partial charge < -0.3 is 16.4 Å². The Morgan fingerprint density at radius 3 is 2.19 bits per heavy atom. The number of anilines is 2. The third-order valence-corrected chi connectivity index (χ3v) is 4.82. The lowest BCUT2D eigenvalue weighted by molar-refractivity contribution is -0.137. The quantitative estimate of drug-likeness (QED) is 0.372. The Labute approximate surface area is 180 Å². The SMILES string of the molecule is NC(=O)n1c(-c2ccc(NC(=O)Nc3cccc(C(F)(F)F)c3)cc2)cc2ccccc21. The molecule has 0 unspecified atom stereocenters. The predicted molar refractivity (Wildman–Crippen MR) is 116 cm³/mol. The Morgan fingerprint density at radius 1 is 0.812 bits per heavy atom. The topological polar surface area (TPSA) is 89.2 Å². The molecule has 1 heterocycles. The van der Waals surface area contributed by atoms with E-state index in [9.17, 15) is 22.8 Å². The summed E-state index contributed by atoms with van der Waals surface area (Å²) in [4.78, 5) is 24.2. The number of primary amides is 1. The summed E-state index contributed by atoms with van der Waals surface area (Å²) in [6.45, 7) is 0. The third-order valence-electron chi connectivity index (χ3n) is 4.82. The number of benzene rings is 3. The number of hydrogen-bond donors (Lipinski definition) is 3. The van der Waals surface area contributed by atoms with Crippen LogP contribution in [0.1, 0.15) is 5.56 Å². The fraction of sp³-hybridized carbons (Fsp3) is 0.0435. The lowest BCUT2D eigenvalue weighted by Crippen LogP contribution is -2.20. The van der Waals surface area contributed by atoms with Crippen LogP contribution in [0.4, 0.5) is 34.1 Å². The summed E-state index contributed by atoms with van der Waals surface area (Å²) in [7, 11) is 0. The van der Waals surface area contributed by atoms with Crippen molar-refractivity contribution >= 4 is 34.3 Å². The van der Waals surface area contributed by atoms with Gasteiger partial charge in [0.2, 0.25) is 0 Å². The molecule has 4 N–H and O–H groups in total. The van der Waals surface area contributed by atoms with E-state index in [2.05, 4.69) is 10.6 Å². The largest absolute Gasteiger partial charge is 0.416 e. The van der Waals surface area contributed by atoms with Crippen molar-refractivity contribution in [1.82, 2.24) is 4.57 Å². The van der Waals surface area contributed by atoms with Gasteiger partial charge in [-0.2, -0.15) is 13.2 Å². The van der Waals surface area contributed by atoms with Gasteiger partial charge in [0.1, 0.15) is 0 Å². The number of carbonyl (C=O) groups excluding carboxylic acids is 2. The van der Waals surface area contributed by atoms with Crippen molar-refractivity contribution in [2.75, 3.05) is 10.6 Å². The highest BCUT2D eigenvalue weighted by Crippen LogP contribution is 2.31. The molecule has 6 nitrogen and oxygen atoms in total. The Hall–Kier alpha value is -4.27. The van der Waals surface area contributed by atoms with E-state index in [1.165, 1.54) is 16.7 Å². The number of fused-ring (bicyclic) bond motifs is 1. The summed E-state index contributed by atoms with van der Waals surface area (Å²) in [6.07, 6.45) is -4.50. The van der Waals surface area contributed by atoms with Gasteiger partial charge in [-0.05, 0) is 48.0 Å². The molecule has 0 bridgehead atoms. The molecular formula is C23H17F3N4O2. The number of nitrogens with two attached hydrogens (primary N) is 1. The number of alkyl halides is 3. The zero-order chi connectivity index (χ0) is 22.9. The van der Waals surface area contributed by atoms with Crippen LogP contribution in [0.25, 0.3) is 22.2 Å². The molecule has 0 aliphatic carbocycles. The molecule has 1 aromatic heterocycles. The summed E-state index contributed by atoms with van der Waals surface area (Å²) < 4.78 is 39.9. The zero-order valence-electron chi connectivity index (χ0n) is 16.5. The van der Waals surface area contributed by atoms with E-state index in [0.717, 1.165) is 17.5 Å². The average molecular weight is 438 g/mol. The first-order valence-electron chi connectivity index (χ1n) is 9.48. The molecule has 162 valence electrons. The van der Waals surface area contributed by atoms with E-state index >= 15 is 0 Å². The summed E-state index contributed by atoms with van der Waals surface area (Å²) in [5, 5.41) is 5.79. The molecule has 9 heteroatoms. The predicted octanol–water partition coefficient (Wildman–Crippen LogP) is 5.90. The standard InChI is InChI=1S/C23H17F3N4O2/c24-23(25,26)16-5-3-6-18(13-16)29-22(32)28-17-10-8-14(9-11-17)20-12-15-4-1-2-7-19(15)30(20)21(27)31/h1-13H,(H2,27,31)(H2,28,29,32). The normalized spacial score (nSPS) is 11.3. The molecule has 0 aliphatic heterocycles. The van der Waals surface area contributed by atoms with Gasteiger partial charge in [-0.15, -0.1) is 0 Å². The van der Waals surface area contributed by atoms with Crippen LogP contribution in [0.15, 0.2) is 78.9 Å². The van der Waals surface area contributed by atoms with Gasteiger partial charge in [0, 0.05) is 16.8 Å². The fourth-order valence-corrected chi connectivity index (χ4v) is 3.40. The van der Waals surface area contributed by atoms with Crippen LogP contribution in [0.2, 0.25) is 0 Å². The van der Waals surface area contributed by atoms with Crippen LogP contribution in [0.5, 0.6) is 0 Å². The van der Waals surface area contributed by atoms with E-state index in [4.69, 9.17) is 5.73 Å². The second kappa shape index (κ2) is 8.10. The van der Waals surface area contributed by atoms with Crippen LogP contribution in [-0.4, -0.2) is 16.6 Å². The molecule has 0 saturated heterocycles. The lowest BCUT2D eigenvalue weighted by Gasteiger charge is -2.11. The van der Waals surface area contributed by atoms with Gasteiger partial charge in [-0.25, -0.2) is 9.59 Å². The second-order valence-electron chi connectivity index (χ2n) is 7.00. The number of aromatic nitrogens is 1. The van der Waals surface area contributed by atoms with Gasteiger partial charge >= 0.3 is 18.2 Å².